The van der Waals surface area contributed by atoms with Crippen LogP contribution in [0.1, 0.15) is 19.3 Å². The second-order valence-electron chi connectivity index (χ2n) is 3.97. The third-order valence-corrected chi connectivity index (χ3v) is 4.65. The first kappa shape index (κ1) is 13.1. The van der Waals surface area contributed by atoms with E-state index in [-0.39, 0.29) is 11.2 Å². The van der Waals surface area contributed by atoms with Crippen molar-refractivity contribution >= 4 is 40.9 Å². The van der Waals surface area contributed by atoms with Crippen LogP contribution in [-0.2, 0) is 4.79 Å². The predicted octanol–water partition coefficient (Wildman–Crippen LogP) is 3.75. The Kier molecular flexibility index (Phi) is 4.60. The van der Waals surface area contributed by atoms with E-state index in [0.717, 1.165) is 30.7 Å². The number of hydrogen-bond acceptors (Lipinski definition) is 2. The summed E-state index contributed by atoms with van der Waals surface area (Å²) in [5.41, 5.74) is 0. The van der Waals surface area contributed by atoms with Crippen LogP contribution in [0, 0.1) is 0 Å². The molecule has 1 amide bonds. The first-order valence-electron chi connectivity index (χ1n) is 5.56. The average Bonchev–Trinajstić information content (AvgIpc) is 2.50. The van der Waals surface area contributed by atoms with E-state index in [1.54, 1.807) is 12.1 Å². The van der Waals surface area contributed by atoms with E-state index >= 15 is 0 Å². The number of carbonyl (C=O) groups is 1. The van der Waals surface area contributed by atoms with E-state index in [1.165, 1.54) is 11.8 Å². The van der Waals surface area contributed by atoms with Gasteiger partial charge in [-0.2, -0.15) is 0 Å². The molecule has 1 aliphatic heterocycles. The van der Waals surface area contributed by atoms with E-state index in [2.05, 4.69) is 5.32 Å². The Bertz CT molecular complexity index is 425. The van der Waals surface area contributed by atoms with Crippen molar-refractivity contribution in [1.82, 2.24) is 5.32 Å². The summed E-state index contributed by atoms with van der Waals surface area (Å²) >= 11 is 13.5. The number of carbonyl (C=O) groups excluding carboxylic acids is 1. The van der Waals surface area contributed by atoms with Gasteiger partial charge >= 0.3 is 0 Å². The lowest BCUT2D eigenvalue weighted by Gasteiger charge is -2.13. The lowest BCUT2D eigenvalue weighted by atomic mass is 10.2. The van der Waals surface area contributed by atoms with E-state index in [4.69, 9.17) is 23.2 Å². The number of halogens is 2. The molecule has 2 nitrogen and oxygen atoms in total. The molecule has 0 spiro atoms. The van der Waals surface area contributed by atoms with Crippen LogP contribution in [0.3, 0.4) is 0 Å². The minimum absolute atomic E-state index is 0.0616. The lowest BCUT2D eigenvalue weighted by Crippen LogP contribution is -2.30. The van der Waals surface area contributed by atoms with Crippen molar-refractivity contribution in [3.05, 3.63) is 28.2 Å². The molecule has 1 N–H and O–H groups in total. The zero-order valence-electron chi connectivity index (χ0n) is 9.21. The zero-order valence-corrected chi connectivity index (χ0v) is 11.5. The third-order valence-electron chi connectivity index (χ3n) is 2.65. The quantitative estimate of drug-likeness (QED) is 0.898. The summed E-state index contributed by atoms with van der Waals surface area (Å²) < 4.78 is 0. The fourth-order valence-electron chi connectivity index (χ4n) is 1.74. The Hall–Kier alpha value is -0.380. The Labute approximate surface area is 115 Å². The molecule has 0 aromatic heterocycles. The molecule has 17 heavy (non-hydrogen) atoms. The maximum atomic E-state index is 11.8. The average molecular weight is 290 g/mol. The van der Waals surface area contributed by atoms with Gasteiger partial charge in [-0.1, -0.05) is 29.6 Å². The first-order valence-corrected chi connectivity index (χ1v) is 7.20. The molecule has 2 rings (SSSR count). The summed E-state index contributed by atoms with van der Waals surface area (Å²) in [6, 6.07) is 5.33. The molecular formula is C12H13Cl2NOS. The number of thioether (sulfide) groups is 1. The fraction of sp³-hybridized carbons (Fsp3) is 0.417. The number of amides is 1. The van der Waals surface area contributed by atoms with Crippen molar-refractivity contribution in [2.24, 2.45) is 0 Å². The highest BCUT2D eigenvalue weighted by atomic mass is 35.5. The van der Waals surface area contributed by atoms with Crippen LogP contribution in [0.4, 0.5) is 0 Å². The van der Waals surface area contributed by atoms with E-state index in [0.29, 0.717) is 10.0 Å². The second kappa shape index (κ2) is 5.98. The van der Waals surface area contributed by atoms with Crippen LogP contribution in [-0.4, -0.2) is 17.7 Å². The van der Waals surface area contributed by atoms with Crippen molar-refractivity contribution in [3.63, 3.8) is 0 Å². The Morgan fingerprint density at radius 2 is 2.12 bits per heavy atom. The molecule has 1 fully saturated rings. The second-order valence-corrected chi connectivity index (χ2v) is 6.06. The highest BCUT2D eigenvalue weighted by molar-refractivity contribution is 8.00. The molecule has 1 aromatic carbocycles. The Morgan fingerprint density at radius 3 is 2.94 bits per heavy atom. The SMILES string of the molecule is O=C1NCCCCC1Sc1cc(Cl)ccc1Cl. The molecule has 1 heterocycles. The summed E-state index contributed by atoms with van der Waals surface area (Å²) in [7, 11) is 0. The van der Waals surface area contributed by atoms with Gasteiger partial charge in [0.2, 0.25) is 5.91 Å². The normalized spacial score (nSPS) is 20.8. The van der Waals surface area contributed by atoms with E-state index < -0.39 is 0 Å². The van der Waals surface area contributed by atoms with Gasteiger partial charge in [0.15, 0.2) is 0 Å². The van der Waals surface area contributed by atoms with E-state index in [9.17, 15) is 4.79 Å². The maximum Gasteiger partial charge on any atom is 0.233 e. The van der Waals surface area contributed by atoms with Crippen molar-refractivity contribution in [2.75, 3.05) is 6.54 Å². The van der Waals surface area contributed by atoms with Gasteiger partial charge in [-0.15, -0.1) is 11.8 Å². The molecule has 1 saturated heterocycles. The predicted molar refractivity (Wildman–Crippen MR) is 73.0 cm³/mol. The lowest BCUT2D eigenvalue weighted by molar-refractivity contribution is -0.120. The monoisotopic (exact) mass is 289 g/mol. The van der Waals surface area contributed by atoms with E-state index in [1.807, 2.05) is 6.07 Å². The molecule has 1 aliphatic rings. The molecule has 0 radical (unpaired) electrons. The van der Waals surface area contributed by atoms with Crippen LogP contribution >= 0.6 is 35.0 Å². The summed E-state index contributed by atoms with van der Waals surface area (Å²) in [6.45, 7) is 0.777. The van der Waals surface area contributed by atoms with Gasteiger partial charge in [-0.25, -0.2) is 0 Å². The molecule has 1 unspecified atom stereocenters. The minimum atomic E-state index is -0.0616. The topological polar surface area (TPSA) is 29.1 Å². The van der Waals surface area contributed by atoms with Gasteiger partial charge in [-0.3, -0.25) is 4.79 Å². The molecule has 92 valence electrons. The number of rotatable bonds is 2. The van der Waals surface area contributed by atoms with Gasteiger partial charge in [0.1, 0.15) is 0 Å². The largest absolute Gasteiger partial charge is 0.355 e. The standard InChI is InChI=1S/C12H13Cl2NOS/c13-8-4-5-9(14)11(7-8)17-10-3-1-2-6-15-12(10)16/h4-5,7,10H,1-3,6H2,(H,15,16). The van der Waals surface area contributed by atoms with Gasteiger partial charge in [-0.05, 0) is 31.0 Å². The summed E-state index contributed by atoms with van der Waals surface area (Å²) in [6.07, 6.45) is 3.00. The molecule has 1 atom stereocenters. The Morgan fingerprint density at radius 1 is 1.29 bits per heavy atom. The van der Waals surface area contributed by atoms with Gasteiger partial charge in [0, 0.05) is 16.5 Å². The van der Waals surface area contributed by atoms with Gasteiger partial charge < -0.3 is 5.32 Å². The molecule has 0 bridgehead atoms. The van der Waals surface area contributed by atoms with Crippen molar-refractivity contribution in [2.45, 2.75) is 29.4 Å². The van der Waals surface area contributed by atoms with Gasteiger partial charge in [0.05, 0.1) is 10.3 Å². The molecule has 0 saturated carbocycles. The third kappa shape index (κ3) is 3.54. The van der Waals surface area contributed by atoms with Crippen LogP contribution in [0.5, 0.6) is 0 Å². The number of hydrogen-bond donors (Lipinski definition) is 1. The fourth-order valence-corrected chi connectivity index (χ4v) is 3.39. The van der Waals surface area contributed by atoms with Crippen LogP contribution in [0.2, 0.25) is 10.0 Å². The van der Waals surface area contributed by atoms with Crippen molar-refractivity contribution in [1.29, 1.82) is 0 Å². The molecular weight excluding hydrogens is 277 g/mol. The molecule has 1 aromatic rings. The van der Waals surface area contributed by atoms with Crippen LogP contribution in [0.15, 0.2) is 23.1 Å². The summed E-state index contributed by atoms with van der Waals surface area (Å²) in [5, 5.41) is 4.15. The first-order chi connectivity index (χ1) is 8.16. The molecule has 5 heteroatoms. The summed E-state index contributed by atoms with van der Waals surface area (Å²) in [4.78, 5) is 12.7. The van der Waals surface area contributed by atoms with Gasteiger partial charge in [0.25, 0.3) is 0 Å². The smallest absolute Gasteiger partial charge is 0.233 e. The summed E-state index contributed by atoms with van der Waals surface area (Å²) in [5.74, 6) is 0.101. The minimum Gasteiger partial charge on any atom is -0.355 e. The molecule has 0 aliphatic carbocycles. The van der Waals surface area contributed by atoms with Crippen LogP contribution < -0.4 is 5.32 Å². The van der Waals surface area contributed by atoms with Crippen molar-refractivity contribution < 1.29 is 4.79 Å². The van der Waals surface area contributed by atoms with Crippen molar-refractivity contribution in [3.8, 4) is 0 Å². The number of nitrogens with one attached hydrogen (secondary N) is 1. The van der Waals surface area contributed by atoms with Crippen LogP contribution in [0.25, 0.3) is 0 Å². The number of benzene rings is 1. The zero-order chi connectivity index (χ0) is 12.3. The Balaban J connectivity index is 2.13. The maximum absolute atomic E-state index is 11.8. The highest BCUT2D eigenvalue weighted by Crippen LogP contribution is 2.34. The highest BCUT2D eigenvalue weighted by Gasteiger charge is 2.22.